The van der Waals surface area contributed by atoms with Crippen molar-refractivity contribution in [3.63, 3.8) is 0 Å². The van der Waals surface area contributed by atoms with Crippen LogP contribution in [0.5, 0.6) is 0 Å². The molecule has 0 N–H and O–H groups in total. The van der Waals surface area contributed by atoms with Crippen LogP contribution in [0.25, 0.3) is 77.2 Å². The number of rotatable bonds is 8. The fourth-order valence-electron chi connectivity index (χ4n) is 11.1. The van der Waals surface area contributed by atoms with Gasteiger partial charge in [0, 0.05) is 33.2 Å². The molecule has 0 saturated carbocycles. The summed E-state index contributed by atoms with van der Waals surface area (Å²) >= 11 is 0. The fourth-order valence-corrected chi connectivity index (χ4v) is 11.1. The number of fused-ring (bicyclic) bond motifs is 7. The first-order valence-corrected chi connectivity index (χ1v) is 23.1. The lowest BCUT2D eigenvalue weighted by Crippen LogP contribution is -2.28. The van der Waals surface area contributed by atoms with Gasteiger partial charge in [0.15, 0.2) is 0 Å². The Balaban J connectivity index is 1.05. The Kier molecular flexibility index (Phi) is 9.11. The number of nitrogens with zero attached hydrogens (tertiary/aromatic N) is 1. The Hall–Kier alpha value is -8.72. The molecule has 67 heavy (non-hydrogen) atoms. The lowest BCUT2D eigenvalue weighted by molar-refractivity contribution is 0.670. The molecule has 0 amide bonds. The second kappa shape index (κ2) is 15.8. The van der Waals surface area contributed by atoms with Gasteiger partial charge in [-0.3, -0.25) is 0 Å². The first-order chi connectivity index (χ1) is 33.3. The molecule has 0 radical (unpaired) electrons. The predicted octanol–water partition coefficient (Wildman–Crippen LogP) is 17.6. The molecule has 1 aliphatic rings. The smallest absolute Gasteiger partial charge is 0.143 e. The van der Waals surface area contributed by atoms with Gasteiger partial charge in [-0.2, -0.15) is 0 Å². The fraction of sp³-hybridized carbons (Fsp3) is 0.0154. The molecule has 0 unspecified atom stereocenters. The molecule has 0 aliphatic heterocycles. The molecular formula is C65H43NO. The third-order valence-corrected chi connectivity index (χ3v) is 14.0. The number of benzene rings is 11. The zero-order valence-electron chi connectivity index (χ0n) is 36.7. The van der Waals surface area contributed by atoms with Crippen LogP contribution in [0.1, 0.15) is 22.3 Å². The highest BCUT2D eigenvalue weighted by Crippen LogP contribution is 2.60. The molecule has 2 heteroatoms. The van der Waals surface area contributed by atoms with Gasteiger partial charge in [0.1, 0.15) is 11.2 Å². The van der Waals surface area contributed by atoms with E-state index in [1.54, 1.807) is 0 Å². The molecule has 12 aromatic rings. The van der Waals surface area contributed by atoms with Gasteiger partial charge in [-0.25, -0.2) is 0 Å². The van der Waals surface area contributed by atoms with E-state index in [4.69, 9.17) is 4.42 Å². The lowest BCUT2D eigenvalue weighted by atomic mass is 9.68. The molecule has 1 heterocycles. The Labute approximate surface area is 390 Å². The summed E-state index contributed by atoms with van der Waals surface area (Å²) in [5.41, 5.74) is 18.7. The first-order valence-electron chi connectivity index (χ1n) is 23.1. The van der Waals surface area contributed by atoms with Crippen LogP contribution in [0.2, 0.25) is 0 Å². The van der Waals surface area contributed by atoms with Crippen molar-refractivity contribution < 1.29 is 4.42 Å². The summed E-state index contributed by atoms with van der Waals surface area (Å²) in [5, 5.41) is 4.72. The van der Waals surface area contributed by atoms with E-state index in [9.17, 15) is 0 Å². The van der Waals surface area contributed by atoms with Crippen LogP contribution in [0, 0.1) is 0 Å². The monoisotopic (exact) mass is 853 g/mol. The normalized spacial score (nSPS) is 12.6. The van der Waals surface area contributed by atoms with Crippen LogP contribution in [0.3, 0.4) is 0 Å². The molecule has 13 rings (SSSR count). The average Bonchev–Trinajstić information content (AvgIpc) is 3.94. The molecule has 0 bridgehead atoms. The van der Waals surface area contributed by atoms with Gasteiger partial charge in [0.25, 0.3) is 0 Å². The predicted molar refractivity (Wildman–Crippen MR) is 280 cm³/mol. The van der Waals surface area contributed by atoms with E-state index in [1.165, 1.54) is 55.3 Å². The van der Waals surface area contributed by atoms with Crippen LogP contribution < -0.4 is 4.90 Å². The molecule has 1 aliphatic carbocycles. The van der Waals surface area contributed by atoms with Crippen LogP contribution in [0.4, 0.5) is 17.1 Å². The quantitative estimate of drug-likeness (QED) is 0.151. The highest BCUT2D eigenvalue weighted by Gasteiger charge is 2.47. The third-order valence-electron chi connectivity index (χ3n) is 14.0. The summed E-state index contributed by atoms with van der Waals surface area (Å²) < 4.78 is 6.75. The Bertz CT molecular complexity index is 3760. The van der Waals surface area contributed by atoms with E-state index < -0.39 is 5.41 Å². The zero-order chi connectivity index (χ0) is 44.3. The van der Waals surface area contributed by atoms with Crippen molar-refractivity contribution in [2.75, 3.05) is 4.90 Å². The number of furan rings is 1. The number of anilines is 3. The van der Waals surface area contributed by atoms with E-state index in [2.05, 4.69) is 260 Å². The number of hydrogen-bond acceptors (Lipinski definition) is 2. The summed E-state index contributed by atoms with van der Waals surface area (Å²) in [6.07, 6.45) is 0. The molecule has 1 aromatic heterocycles. The van der Waals surface area contributed by atoms with Gasteiger partial charge >= 0.3 is 0 Å². The Morgan fingerprint density at radius 1 is 0.328 bits per heavy atom. The van der Waals surface area contributed by atoms with Gasteiger partial charge in [-0.15, -0.1) is 0 Å². The molecule has 0 spiro atoms. The summed E-state index contributed by atoms with van der Waals surface area (Å²) in [7, 11) is 0. The maximum Gasteiger partial charge on any atom is 0.143 e. The van der Waals surface area contributed by atoms with Crippen molar-refractivity contribution in [3.05, 3.63) is 283 Å². The second-order valence-corrected chi connectivity index (χ2v) is 17.5. The van der Waals surface area contributed by atoms with Crippen molar-refractivity contribution in [2.24, 2.45) is 0 Å². The second-order valence-electron chi connectivity index (χ2n) is 17.5. The topological polar surface area (TPSA) is 16.4 Å². The molecule has 0 fully saturated rings. The average molecular weight is 854 g/mol. The van der Waals surface area contributed by atoms with Crippen molar-refractivity contribution in [3.8, 4) is 44.5 Å². The zero-order valence-corrected chi connectivity index (χ0v) is 36.7. The molecule has 11 aromatic carbocycles. The SMILES string of the molecule is c1ccc(C2(c3ccccc3)c3ccccc3-c3c(N(c4cccc(-c5ccc(-c6cccc7ccccc67)cc5)c4)c4ccccc4-c4cccc5c4oc4ccccc45)cccc32)cc1. The third kappa shape index (κ3) is 6.11. The van der Waals surface area contributed by atoms with Crippen molar-refractivity contribution in [2.45, 2.75) is 5.41 Å². The highest BCUT2D eigenvalue weighted by atomic mass is 16.3. The van der Waals surface area contributed by atoms with Crippen molar-refractivity contribution in [1.82, 2.24) is 0 Å². The van der Waals surface area contributed by atoms with E-state index in [-0.39, 0.29) is 0 Å². The van der Waals surface area contributed by atoms with Crippen LogP contribution in [0.15, 0.2) is 265 Å². The molecule has 0 atom stereocenters. The molecule has 0 saturated heterocycles. The van der Waals surface area contributed by atoms with Gasteiger partial charge in [0.2, 0.25) is 0 Å². The minimum atomic E-state index is -0.552. The molecule has 314 valence electrons. The van der Waals surface area contributed by atoms with E-state index in [0.717, 1.165) is 61.3 Å². The van der Waals surface area contributed by atoms with Crippen LogP contribution in [-0.4, -0.2) is 0 Å². The van der Waals surface area contributed by atoms with Gasteiger partial charge in [-0.05, 0) is 91.2 Å². The van der Waals surface area contributed by atoms with Crippen LogP contribution in [-0.2, 0) is 5.41 Å². The summed E-state index contributed by atoms with van der Waals surface area (Å²) in [5.74, 6) is 0. The van der Waals surface area contributed by atoms with E-state index in [1.807, 2.05) is 6.07 Å². The first kappa shape index (κ1) is 38.7. The molecular weight excluding hydrogens is 811 g/mol. The summed E-state index contributed by atoms with van der Waals surface area (Å²) in [6, 6.07) is 95.0. The van der Waals surface area contributed by atoms with E-state index >= 15 is 0 Å². The van der Waals surface area contributed by atoms with Gasteiger partial charge in [-0.1, -0.05) is 231 Å². The molecule has 2 nitrogen and oxygen atoms in total. The maximum atomic E-state index is 6.75. The van der Waals surface area contributed by atoms with Gasteiger partial charge < -0.3 is 9.32 Å². The largest absolute Gasteiger partial charge is 0.455 e. The number of para-hydroxylation sites is 3. The highest BCUT2D eigenvalue weighted by molar-refractivity contribution is 6.11. The lowest BCUT2D eigenvalue weighted by Gasteiger charge is -2.34. The summed E-state index contributed by atoms with van der Waals surface area (Å²) in [6.45, 7) is 0. The van der Waals surface area contributed by atoms with E-state index in [0.29, 0.717) is 0 Å². The van der Waals surface area contributed by atoms with Crippen molar-refractivity contribution in [1.29, 1.82) is 0 Å². The van der Waals surface area contributed by atoms with Crippen molar-refractivity contribution >= 4 is 49.8 Å². The maximum absolute atomic E-state index is 6.75. The summed E-state index contributed by atoms with van der Waals surface area (Å²) in [4.78, 5) is 2.49. The standard InChI is InChI=1S/C65H43NO/c1-3-22-48(23-4-1)65(49-24-5-2-6-25-49)58-34-12-9-30-57(58)63-59(65)35-18-37-61(63)66(60-36-13-10-28-53(60)55-32-17-33-56-54-29-11-14-38-62(54)67-64(55)56)50-26-15-21-47(43-50)44-39-41-46(42-40-44)52-31-16-20-45-19-7-8-27-51(45)52/h1-43H. The Morgan fingerprint density at radius 2 is 0.881 bits per heavy atom. The van der Waals surface area contributed by atoms with Gasteiger partial charge in [0.05, 0.1) is 16.8 Å². The van der Waals surface area contributed by atoms with Crippen LogP contribution >= 0.6 is 0 Å². The Morgan fingerprint density at radius 3 is 1.70 bits per heavy atom. The minimum Gasteiger partial charge on any atom is -0.455 e. The minimum absolute atomic E-state index is 0.552. The number of hydrogen-bond donors (Lipinski definition) is 0.